The van der Waals surface area contributed by atoms with Gasteiger partial charge >= 0.3 is 0 Å². The van der Waals surface area contributed by atoms with Crippen molar-refractivity contribution in [3.05, 3.63) is 33.8 Å². The normalized spacial score (nSPS) is 16.7. The summed E-state index contributed by atoms with van der Waals surface area (Å²) in [4.78, 5) is 11.7. The molecule has 0 unspecified atom stereocenters. The highest BCUT2D eigenvalue weighted by molar-refractivity contribution is 9.10. The van der Waals surface area contributed by atoms with E-state index in [4.69, 9.17) is 0 Å². The van der Waals surface area contributed by atoms with Gasteiger partial charge in [0.2, 0.25) is 0 Å². The van der Waals surface area contributed by atoms with Gasteiger partial charge in [0.15, 0.2) is 0 Å². The standard InChI is InChI=1S/C12H12BrF2NO/c1-12(2-3-12)6-16-11(17)10-8(14)4-7(13)5-9(10)15/h4-5H,2-3,6H2,1H3,(H,16,17). The van der Waals surface area contributed by atoms with E-state index in [1.165, 1.54) is 0 Å². The molecule has 1 aliphatic rings. The smallest absolute Gasteiger partial charge is 0.257 e. The van der Waals surface area contributed by atoms with E-state index in [1.54, 1.807) is 0 Å². The Balaban J connectivity index is 2.13. The summed E-state index contributed by atoms with van der Waals surface area (Å²) in [5, 5.41) is 2.57. The summed E-state index contributed by atoms with van der Waals surface area (Å²) in [6, 6.07) is 2.16. The largest absolute Gasteiger partial charge is 0.351 e. The number of hydrogen-bond acceptors (Lipinski definition) is 1. The van der Waals surface area contributed by atoms with Crippen LogP contribution in [0.15, 0.2) is 16.6 Å². The van der Waals surface area contributed by atoms with Gasteiger partial charge in [-0.05, 0) is 30.4 Å². The summed E-state index contributed by atoms with van der Waals surface area (Å²) < 4.78 is 27.2. The molecule has 0 bridgehead atoms. The Kier molecular flexibility index (Phi) is 3.21. The van der Waals surface area contributed by atoms with Gasteiger partial charge in [-0.15, -0.1) is 0 Å². The summed E-state index contributed by atoms with van der Waals surface area (Å²) in [6.45, 7) is 2.49. The van der Waals surface area contributed by atoms with E-state index in [-0.39, 0.29) is 9.89 Å². The summed E-state index contributed by atoms with van der Waals surface area (Å²) in [5.41, 5.74) is -0.407. The third-order valence-corrected chi connectivity index (χ3v) is 3.47. The van der Waals surface area contributed by atoms with Crippen LogP contribution < -0.4 is 5.32 Å². The number of rotatable bonds is 3. The van der Waals surface area contributed by atoms with Gasteiger partial charge < -0.3 is 5.32 Å². The Morgan fingerprint density at radius 2 is 1.94 bits per heavy atom. The summed E-state index contributed by atoms with van der Waals surface area (Å²) in [5.74, 6) is -2.40. The van der Waals surface area contributed by atoms with Crippen molar-refractivity contribution in [2.75, 3.05) is 6.54 Å². The number of nitrogens with one attached hydrogen (secondary N) is 1. The lowest BCUT2D eigenvalue weighted by Gasteiger charge is -2.11. The highest BCUT2D eigenvalue weighted by Gasteiger charge is 2.37. The maximum absolute atomic E-state index is 13.5. The van der Waals surface area contributed by atoms with Crippen molar-refractivity contribution in [2.24, 2.45) is 5.41 Å². The fourth-order valence-electron chi connectivity index (χ4n) is 1.53. The molecule has 0 radical (unpaired) electrons. The van der Waals surface area contributed by atoms with Crippen molar-refractivity contribution >= 4 is 21.8 Å². The van der Waals surface area contributed by atoms with E-state index in [1.807, 2.05) is 6.92 Å². The molecule has 5 heteroatoms. The Hall–Kier alpha value is -0.970. The molecular weight excluding hydrogens is 292 g/mol. The maximum Gasteiger partial charge on any atom is 0.257 e. The van der Waals surface area contributed by atoms with Crippen LogP contribution in [0.5, 0.6) is 0 Å². The van der Waals surface area contributed by atoms with Crippen LogP contribution in [0.3, 0.4) is 0 Å². The van der Waals surface area contributed by atoms with Crippen LogP contribution in [0.2, 0.25) is 0 Å². The van der Waals surface area contributed by atoms with E-state index >= 15 is 0 Å². The first kappa shape index (κ1) is 12.5. The zero-order valence-corrected chi connectivity index (χ0v) is 10.9. The van der Waals surface area contributed by atoms with Crippen molar-refractivity contribution in [2.45, 2.75) is 19.8 Å². The Morgan fingerprint density at radius 1 is 1.41 bits per heavy atom. The van der Waals surface area contributed by atoms with Crippen LogP contribution in [0.4, 0.5) is 8.78 Å². The first-order valence-electron chi connectivity index (χ1n) is 5.34. The van der Waals surface area contributed by atoms with E-state index in [9.17, 15) is 13.6 Å². The molecule has 1 saturated carbocycles. The molecule has 0 aromatic heterocycles. The first-order valence-corrected chi connectivity index (χ1v) is 6.13. The van der Waals surface area contributed by atoms with Gasteiger partial charge in [0.05, 0.1) is 0 Å². The second-order valence-corrected chi connectivity index (χ2v) is 5.65. The van der Waals surface area contributed by atoms with E-state index < -0.39 is 23.1 Å². The molecule has 0 aliphatic heterocycles. The molecule has 0 spiro atoms. The fraction of sp³-hybridized carbons (Fsp3) is 0.417. The number of amides is 1. The minimum absolute atomic E-state index is 0.109. The van der Waals surface area contributed by atoms with Crippen LogP contribution in [0.1, 0.15) is 30.1 Å². The third-order valence-electron chi connectivity index (χ3n) is 3.01. The third kappa shape index (κ3) is 2.83. The Morgan fingerprint density at radius 3 is 2.41 bits per heavy atom. The number of carbonyl (C=O) groups is 1. The topological polar surface area (TPSA) is 29.1 Å². The molecule has 2 nitrogen and oxygen atoms in total. The lowest BCUT2D eigenvalue weighted by molar-refractivity contribution is 0.0937. The van der Waals surface area contributed by atoms with E-state index in [0.29, 0.717) is 6.54 Å². The molecule has 0 saturated heterocycles. The first-order chi connectivity index (χ1) is 7.91. The summed E-state index contributed by atoms with van der Waals surface area (Å²) in [6.07, 6.45) is 2.08. The van der Waals surface area contributed by atoms with Crippen LogP contribution in [-0.4, -0.2) is 12.5 Å². The van der Waals surface area contributed by atoms with Gasteiger partial charge in [0, 0.05) is 11.0 Å². The van der Waals surface area contributed by atoms with Crippen molar-refractivity contribution in [1.82, 2.24) is 5.32 Å². The molecule has 1 aromatic rings. The SMILES string of the molecule is CC1(CNC(=O)c2c(F)cc(Br)cc2F)CC1. The highest BCUT2D eigenvalue weighted by Crippen LogP contribution is 2.44. The molecule has 1 aliphatic carbocycles. The van der Waals surface area contributed by atoms with E-state index in [2.05, 4.69) is 21.2 Å². The molecule has 92 valence electrons. The predicted octanol–water partition coefficient (Wildman–Crippen LogP) is 3.26. The van der Waals surface area contributed by atoms with Crippen LogP contribution in [0.25, 0.3) is 0 Å². The van der Waals surface area contributed by atoms with E-state index in [0.717, 1.165) is 25.0 Å². The Bertz CT molecular complexity index is 449. The van der Waals surface area contributed by atoms with Crippen LogP contribution in [-0.2, 0) is 0 Å². The second kappa shape index (κ2) is 4.37. The van der Waals surface area contributed by atoms with Crippen LogP contribution in [0, 0.1) is 17.0 Å². The zero-order valence-electron chi connectivity index (χ0n) is 9.32. The van der Waals surface area contributed by atoms with Crippen LogP contribution >= 0.6 is 15.9 Å². The predicted molar refractivity (Wildman–Crippen MR) is 63.7 cm³/mol. The Labute approximate surface area is 107 Å². The van der Waals surface area contributed by atoms with Gasteiger partial charge in [-0.25, -0.2) is 8.78 Å². The highest BCUT2D eigenvalue weighted by atomic mass is 79.9. The molecule has 2 rings (SSSR count). The molecule has 0 atom stereocenters. The van der Waals surface area contributed by atoms with Crippen molar-refractivity contribution in [3.63, 3.8) is 0 Å². The fourth-order valence-corrected chi connectivity index (χ4v) is 1.93. The molecular formula is C12H12BrF2NO. The monoisotopic (exact) mass is 303 g/mol. The number of carbonyl (C=O) groups excluding carboxylic acids is 1. The maximum atomic E-state index is 13.5. The average Bonchev–Trinajstić information content (AvgIpc) is 2.93. The average molecular weight is 304 g/mol. The van der Waals surface area contributed by atoms with Crippen molar-refractivity contribution in [1.29, 1.82) is 0 Å². The second-order valence-electron chi connectivity index (χ2n) is 4.74. The number of benzene rings is 1. The zero-order chi connectivity index (χ0) is 12.6. The quantitative estimate of drug-likeness (QED) is 0.912. The number of halogens is 3. The van der Waals surface area contributed by atoms with Gasteiger partial charge in [-0.2, -0.15) is 0 Å². The minimum Gasteiger partial charge on any atom is -0.351 e. The molecule has 1 N–H and O–H groups in total. The number of hydrogen-bond donors (Lipinski definition) is 1. The molecule has 1 aromatic carbocycles. The van der Waals surface area contributed by atoms with Crippen molar-refractivity contribution < 1.29 is 13.6 Å². The molecule has 1 amide bonds. The molecule has 1 fully saturated rings. The lowest BCUT2D eigenvalue weighted by Crippen LogP contribution is -2.30. The van der Waals surface area contributed by atoms with Gasteiger partial charge in [-0.3, -0.25) is 4.79 Å². The van der Waals surface area contributed by atoms with Gasteiger partial charge in [0.1, 0.15) is 17.2 Å². The summed E-state index contributed by atoms with van der Waals surface area (Å²) in [7, 11) is 0. The lowest BCUT2D eigenvalue weighted by atomic mass is 10.1. The molecule has 0 heterocycles. The van der Waals surface area contributed by atoms with Gasteiger partial charge in [-0.1, -0.05) is 22.9 Å². The minimum atomic E-state index is -0.852. The van der Waals surface area contributed by atoms with Crippen molar-refractivity contribution in [3.8, 4) is 0 Å². The molecule has 17 heavy (non-hydrogen) atoms. The summed E-state index contributed by atoms with van der Waals surface area (Å²) >= 11 is 2.97. The van der Waals surface area contributed by atoms with Gasteiger partial charge in [0.25, 0.3) is 5.91 Å².